The van der Waals surface area contributed by atoms with Crippen molar-refractivity contribution >= 4 is 0 Å². The molecule has 0 radical (unpaired) electrons. The van der Waals surface area contributed by atoms with Crippen molar-refractivity contribution in [3.8, 4) is 0 Å². The second-order valence-corrected chi connectivity index (χ2v) is 5.58. The van der Waals surface area contributed by atoms with Crippen LogP contribution in [0.15, 0.2) is 24.3 Å². The molecule has 3 N–H and O–H groups in total. The average Bonchev–Trinajstić information content (AvgIpc) is 2.35. The van der Waals surface area contributed by atoms with Crippen LogP contribution >= 0.6 is 0 Å². The van der Waals surface area contributed by atoms with Crippen LogP contribution in [-0.2, 0) is 12.0 Å². The smallest absolute Gasteiger partial charge is 0.375 e. The van der Waals surface area contributed by atoms with Crippen LogP contribution in [0.2, 0.25) is 0 Å². The molecule has 1 rings (SSSR count). The molecule has 0 saturated carbocycles. The van der Waals surface area contributed by atoms with Gasteiger partial charge in [-0.15, -0.1) is 0 Å². The lowest BCUT2D eigenvalue weighted by Crippen LogP contribution is -2.55. The van der Waals surface area contributed by atoms with Crippen molar-refractivity contribution in [1.29, 1.82) is 0 Å². The first-order valence-corrected chi connectivity index (χ1v) is 6.77. The van der Waals surface area contributed by atoms with E-state index < -0.39 is 17.8 Å². The summed E-state index contributed by atoms with van der Waals surface area (Å²) >= 11 is 0. The van der Waals surface area contributed by atoms with E-state index in [2.05, 4.69) is 0 Å². The van der Waals surface area contributed by atoms with Crippen LogP contribution in [-0.4, -0.2) is 17.3 Å². The lowest BCUT2D eigenvalue weighted by Gasteiger charge is -2.36. The molecule has 0 aromatic heterocycles. The van der Waals surface area contributed by atoms with Gasteiger partial charge in [-0.05, 0) is 29.9 Å². The Bertz CT molecular complexity index is 445. The Morgan fingerprint density at radius 3 is 2.30 bits per heavy atom. The van der Waals surface area contributed by atoms with E-state index in [1.165, 1.54) is 25.1 Å². The standard InChI is InChI=1S/C15H22F3NO/c1-4-13(19)14(20,15(16,17)18)12-7-5-6-11(9-12)8-10(2)3/h5-7,9-10,13,20H,4,8,19H2,1-3H3. The molecule has 0 bridgehead atoms. The SMILES string of the molecule is CCC(N)C(O)(c1cccc(CC(C)C)c1)C(F)(F)F. The number of alkyl halides is 3. The van der Waals surface area contributed by atoms with E-state index in [1.807, 2.05) is 13.8 Å². The quantitative estimate of drug-likeness (QED) is 0.873. The van der Waals surface area contributed by atoms with E-state index in [-0.39, 0.29) is 12.0 Å². The average molecular weight is 289 g/mol. The normalized spacial score (nSPS) is 17.1. The van der Waals surface area contributed by atoms with Crippen LogP contribution in [0.3, 0.4) is 0 Å². The molecule has 1 aromatic carbocycles. The summed E-state index contributed by atoms with van der Waals surface area (Å²) in [7, 11) is 0. The van der Waals surface area contributed by atoms with Gasteiger partial charge >= 0.3 is 6.18 Å². The summed E-state index contributed by atoms with van der Waals surface area (Å²) < 4.78 is 39.9. The molecule has 2 atom stereocenters. The van der Waals surface area contributed by atoms with Gasteiger partial charge in [-0.1, -0.05) is 45.0 Å². The first-order chi connectivity index (χ1) is 9.12. The minimum atomic E-state index is -4.81. The molecule has 0 aliphatic heterocycles. The van der Waals surface area contributed by atoms with Crippen LogP contribution in [0.5, 0.6) is 0 Å². The van der Waals surface area contributed by atoms with E-state index in [1.54, 1.807) is 6.07 Å². The number of aliphatic hydroxyl groups is 1. The molecule has 0 saturated heterocycles. The number of rotatable bonds is 5. The maximum atomic E-state index is 13.3. The van der Waals surface area contributed by atoms with Gasteiger partial charge in [0.25, 0.3) is 0 Å². The van der Waals surface area contributed by atoms with Gasteiger partial charge < -0.3 is 10.8 Å². The number of hydrogen-bond acceptors (Lipinski definition) is 2. The monoisotopic (exact) mass is 289 g/mol. The molecule has 0 aliphatic rings. The molecular formula is C15H22F3NO. The van der Waals surface area contributed by atoms with Gasteiger partial charge in [0.15, 0.2) is 0 Å². The highest BCUT2D eigenvalue weighted by atomic mass is 19.4. The Balaban J connectivity index is 3.29. The summed E-state index contributed by atoms with van der Waals surface area (Å²) in [5.74, 6) is 0.323. The maximum absolute atomic E-state index is 13.3. The highest BCUT2D eigenvalue weighted by Gasteiger charge is 2.58. The predicted molar refractivity (Wildman–Crippen MR) is 73.2 cm³/mol. The Morgan fingerprint density at radius 1 is 1.25 bits per heavy atom. The van der Waals surface area contributed by atoms with Crippen molar-refractivity contribution in [3.63, 3.8) is 0 Å². The maximum Gasteiger partial charge on any atom is 0.422 e. The third-order valence-corrected chi connectivity index (χ3v) is 3.42. The predicted octanol–water partition coefficient (Wildman–Crippen LogP) is 3.37. The Kier molecular flexibility index (Phi) is 5.21. The third kappa shape index (κ3) is 3.33. The number of benzene rings is 1. The third-order valence-electron chi connectivity index (χ3n) is 3.42. The summed E-state index contributed by atoms with van der Waals surface area (Å²) in [6, 6.07) is 4.59. The summed E-state index contributed by atoms with van der Waals surface area (Å²) in [6.45, 7) is 5.50. The Labute approximate surface area is 117 Å². The molecule has 0 amide bonds. The largest absolute Gasteiger partial charge is 0.422 e. The minimum Gasteiger partial charge on any atom is -0.375 e. The van der Waals surface area contributed by atoms with Crippen LogP contribution in [0.1, 0.15) is 38.3 Å². The first kappa shape index (κ1) is 17.0. The zero-order valence-corrected chi connectivity index (χ0v) is 12.0. The number of halogens is 3. The van der Waals surface area contributed by atoms with Crippen LogP contribution in [0.4, 0.5) is 13.2 Å². The molecule has 0 fully saturated rings. The fraction of sp³-hybridized carbons (Fsp3) is 0.600. The second-order valence-electron chi connectivity index (χ2n) is 5.58. The molecular weight excluding hydrogens is 267 g/mol. The van der Waals surface area contributed by atoms with E-state index >= 15 is 0 Å². The highest BCUT2D eigenvalue weighted by Crippen LogP contribution is 2.42. The van der Waals surface area contributed by atoms with Crippen LogP contribution < -0.4 is 5.73 Å². The Hall–Kier alpha value is -1.07. The van der Waals surface area contributed by atoms with Crippen LogP contribution in [0.25, 0.3) is 0 Å². The van der Waals surface area contributed by atoms with Crippen molar-refractivity contribution in [1.82, 2.24) is 0 Å². The molecule has 2 nitrogen and oxygen atoms in total. The van der Waals surface area contributed by atoms with E-state index in [9.17, 15) is 18.3 Å². The highest BCUT2D eigenvalue weighted by molar-refractivity contribution is 5.31. The number of hydrogen-bond donors (Lipinski definition) is 2. The molecule has 2 unspecified atom stereocenters. The molecule has 1 aromatic rings. The van der Waals surface area contributed by atoms with Crippen molar-refractivity contribution < 1.29 is 18.3 Å². The van der Waals surface area contributed by atoms with Gasteiger partial charge in [-0.2, -0.15) is 13.2 Å². The first-order valence-electron chi connectivity index (χ1n) is 6.77. The van der Waals surface area contributed by atoms with Crippen molar-refractivity contribution in [2.75, 3.05) is 0 Å². The van der Waals surface area contributed by atoms with Gasteiger partial charge in [0.2, 0.25) is 5.60 Å². The minimum absolute atomic E-state index is 0.0322. The molecule has 114 valence electrons. The topological polar surface area (TPSA) is 46.2 Å². The molecule has 0 spiro atoms. The summed E-state index contributed by atoms with van der Waals surface area (Å²) in [4.78, 5) is 0. The van der Waals surface area contributed by atoms with Gasteiger partial charge in [0.05, 0.1) is 0 Å². The molecule has 0 aliphatic carbocycles. The summed E-state index contributed by atoms with van der Waals surface area (Å²) in [5.41, 5.74) is 3.13. The fourth-order valence-electron chi connectivity index (χ4n) is 2.29. The van der Waals surface area contributed by atoms with E-state index in [0.29, 0.717) is 12.3 Å². The van der Waals surface area contributed by atoms with Crippen molar-refractivity contribution in [2.45, 2.75) is 51.4 Å². The fourth-order valence-corrected chi connectivity index (χ4v) is 2.29. The van der Waals surface area contributed by atoms with E-state index in [4.69, 9.17) is 5.73 Å². The zero-order chi connectivity index (χ0) is 15.6. The van der Waals surface area contributed by atoms with Gasteiger partial charge in [-0.3, -0.25) is 0 Å². The summed E-state index contributed by atoms with van der Waals surface area (Å²) in [6.07, 6.45) is -4.12. The van der Waals surface area contributed by atoms with Gasteiger partial charge in [0, 0.05) is 6.04 Å². The number of nitrogens with two attached hydrogens (primary N) is 1. The zero-order valence-electron chi connectivity index (χ0n) is 12.0. The second kappa shape index (κ2) is 6.14. The summed E-state index contributed by atoms with van der Waals surface area (Å²) in [5, 5.41) is 10.2. The van der Waals surface area contributed by atoms with Gasteiger partial charge in [0.1, 0.15) is 0 Å². The molecule has 0 heterocycles. The van der Waals surface area contributed by atoms with Gasteiger partial charge in [-0.25, -0.2) is 0 Å². The van der Waals surface area contributed by atoms with Crippen molar-refractivity contribution in [2.24, 2.45) is 11.7 Å². The van der Waals surface area contributed by atoms with E-state index in [0.717, 1.165) is 5.56 Å². The molecule has 5 heteroatoms. The Morgan fingerprint density at radius 2 is 1.85 bits per heavy atom. The lowest BCUT2D eigenvalue weighted by molar-refractivity contribution is -0.274. The van der Waals surface area contributed by atoms with Crippen LogP contribution in [0, 0.1) is 5.92 Å². The molecule has 20 heavy (non-hydrogen) atoms. The lowest BCUT2D eigenvalue weighted by atomic mass is 9.83. The van der Waals surface area contributed by atoms with Crippen molar-refractivity contribution in [3.05, 3.63) is 35.4 Å².